The van der Waals surface area contributed by atoms with Gasteiger partial charge in [-0.05, 0) is 31.5 Å². The van der Waals surface area contributed by atoms with Gasteiger partial charge in [-0.25, -0.2) is 18.2 Å². The minimum absolute atomic E-state index is 0.0161. The summed E-state index contributed by atoms with van der Waals surface area (Å²) in [5, 5.41) is 9.72. The lowest BCUT2D eigenvalue weighted by molar-refractivity contribution is -0.121. The van der Waals surface area contributed by atoms with Crippen LogP contribution in [0.1, 0.15) is 12.5 Å². The van der Waals surface area contributed by atoms with Crippen LogP contribution >= 0.6 is 0 Å². The van der Waals surface area contributed by atoms with Crippen LogP contribution in [0.3, 0.4) is 0 Å². The highest BCUT2D eigenvalue weighted by Crippen LogP contribution is 2.39. The molecule has 0 radical (unpaired) electrons. The molecule has 8 heteroatoms. The molecule has 0 aliphatic rings. The standard InChI is InChI=1S/C19H19N3O4S/c1-3-22-19(26-12-23)17(14-6-4-13(2)5-7-14)18(21-22)15-8-10-16(11-9-15)27(20,24)25/h4-12H,3H2,1-2H3,(H2,20,24,25). The van der Waals surface area contributed by atoms with Gasteiger partial charge in [0.2, 0.25) is 15.9 Å². The quantitative estimate of drug-likeness (QED) is 0.657. The number of primary sulfonamides is 1. The fraction of sp³-hybridized carbons (Fsp3) is 0.158. The summed E-state index contributed by atoms with van der Waals surface area (Å²) in [7, 11) is -3.78. The summed E-state index contributed by atoms with van der Waals surface area (Å²) in [5.41, 5.74) is 3.85. The fourth-order valence-corrected chi connectivity index (χ4v) is 3.33. The zero-order valence-electron chi connectivity index (χ0n) is 14.9. The molecule has 3 rings (SSSR count). The van der Waals surface area contributed by atoms with Crippen LogP contribution in [0.2, 0.25) is 0 Å². The van der Waals surface area contributed by atoms with Crippen LogP contribution in [0.15, 0.2) is 53.4 Å². The van der Waals surface area contributed by atoms with E-state index in [9.17, 15) is 13.2 Å². The van der Waals surface area contributed by atoms with Crippen molar-refractivity contribution in [2.45, 2.75) is 25.3 Å². The third-order valence-electron chi connectivity index (χ3n) is 4.16. The number of hydrogen-bond acceptors (Lipinski definition) is 5. The third kappa shape index (κ3) is 3.76. The van der Waals surface area contributed by atoms with Crippen molar-refractivity contribution in [3.63, 3.8) is 0 Å². The highest BCUT2D eigenvalue weighted by molar-refractivity contribution is 7.89. The largest absolute Gasteiger partial charge is 0.409 e. The van der Waals surface area contributed by atoms with Crippen molar-refractivity contribution in [2.24, 2.45) is 5.14 Å². The van der Waals surface area contributed by atoms with Gasteiger partial charge < -0.3 is 4.74 Å². The summed E-state index contributed by atoms with van der Waals surface area (Å²) in [5.74, 6) is 0.335. The molecule has 0 fully saturated rings. The first kappa shape index (κ1) is 18.8. The zero-order valence-corrected chi connectivity index (χ0v) is 15.7. The minimum Gasteiger partial charge on any atom is -0.409 e. The van der Waals surface area contributed by atoms with E-state index in [4.69, 9.17) is 9.88 Å². The molecule has 0 spiro atoms. The normalized spacial score (nSPS) is 11.4. The van der Waals surface area contributed by atoms with Crippen LogP contribution in [0.25, 0.3) is 22.4 Å². The van der Waals surface area contributed by atoms with Crippen LogP contribution in [-0.4, -0.2) is 24.7 Å². The van der Waals surface area contributed by atoms with Gasteiger partial charge in [0.1, 0.15) is 5.69 Å². The van der Waals surface area contributed by atoms with E-state index in [0.717, 1.165) is 11.1 Å². The molecule has 0 atom stereocenters. The fourth-order valence-electron chi connectivity index (χ4n) is 2.81. The molecule has 2 aromatic carbocycles. The van der Waals surface area contributed by atoms with E-state index in [1.54, 1.807) is 16.8 Å². The van der Waals surface area contributed by atoms with E-state index in [1.165, 1.54) is 12.1 Å². The van der Waals surface area contributed by atoms with Crippen molar-refractivity contribution in [3.8, 4) is 28.3 Å². The van der Waals surface area contributed by atoms with Crippen LogP contribution in [-0.2, 0) is 21.4 Å². The Morgan fingerprint density at radius 2 is 1.67 bits per heavy atom. The van der Waals surface area contributed by atoms with Gasteiger partial charge in [0.05, 0.1) is 10.5 Å². The Morgan fingerprint density at radius 3 is 2.19 bits per heavy atom. The molecule has 7 nitrogen and oxygen atoms in total. The Kier molecular flexibility index (Phi) is 5.11. The molecule has 0 unspecified atom stereocenters. The number of rotatable bonds is 6. The highest BCUT2D eigenvalue weighted by atomic mass is 32.2. The Hall–Kier alpha value is -2.97. The molecule has 140 valence electrons. The van der Waals surface area contributed by atoms with Gasteiger partial charge in [-0.2, -0.15) is 5.10 Å². The Labute approximate surface area is 157 Å². The van der Waals surface area contributed by atoms with Crippen molar-refractivity contribution >= 4 is 16.5 Å². The second-order valence-electron chi connectivity index (χ2n) is 5.99. The van der Waals surface area contributed by atoms with Gasteiger partial charge in [-0.1, -0.05) is 42.0 Å². The van der Waals surface area contributed by atoms with Crippen LogP contribution < -0.4 is 9.88 Å². The van der Waals surface area contributed by atoms with Gasteiger partial charge in [0.25, 0.3) is 6.47 Å². The summed E-state index contributed by atoms with van der Waals surface area (Å²) >= 11 is 0. The highest BCUT2D eigenvalue weighted by Gasteiger charge is 2.22. The molecule has 0 saturated heterocycles. The van der Waals surface area contributed by atoms with Gasteiger partial charge in [0, 0.05) is 12.1 Å². The average molecular weight is 385 g/mol. The molecule has 0 amide bonds. The van der Waals surface area contributed by atoms with Gasteiger partial charge in [0.15, 0.2) is 0 Å². The molecule has 2 N–H and O–H groups in total. The summed E-state index contributed by atoms with van der Waals surface area (Å²) < 4.78 is 29.8. The first-order valence-electron chi connectivity index (χ1n) is 8.26. The first-order chi connectivity index (χ1) is 12.8. The number of ether oxygens (including phenoxy) is 1. The number of carbonyl (C=O) groups is 1. The molecule has 0 aliphatic heterocycles. The van der Waals surface area contributed by atoms with Gasteiger partial charge in [-0.3, -0.25) is 4.79 Å². The summed E-state index contributed by atoms with van der Waals surface area (Å²) in [6.45, 7) is 4.73. The lowest BCUT2D eigenvalue weighted by atomic mass is 10.0. The summed E-state index contributed by atoms with van der Waals surface area (Å²) in [6.07, 6.45) is 0. The maximum atomic E-state index is 11.5. The van der Waals surface area contributed by atoms with E-state index < -0.39 is 10.0 Å². The van der Waals surface area contributed by atoms with Crippen LogP contribution in [0.4, 0.5) is 0 Å². The number of sulfonamides is 1. The summed E-state index contributed by atoms with van der Waals surface area (Å²) in [6, 6.07) is 13.9. The molecule has 1 aromatic heterocycles. The number of aromatic nitrogens is 2. The van der Waals surface area contributed by atoms with E-state index >= 15 is 0 Å². The summed E-state index contributed by atoms with van der Waals surface area (Å²) in [4.78, 5) is 11.1. The molecule has 3 aromatic rings. The van der Waals surface area contributed by atoms with E-state index in [1.807, 2.05) is 38.1 Å². The molecule has 0 saturated carbocycles. The SMILES string of the molecule is CCn1nc(-c2ccc(S(N)(=O)=O)cc2)c(-c2ccc(C)cc2)c1OC=O. The van der Waals surface area contributed by atoms with Crippen LogP contribution in [0.5, 0.6) is 5.88 Å². The lowest BCUT2D eigenvalue weighted by Crippen LogP contribution is -2.11. The number of nitrogens with zero attached hydrogens (tertiary/aromatic N) is 2. The second kappa shape index (κ2) is 7.34. The van der Waals surface area contributed by atoms with Crippen LogP contribution in [0, 0.1) is 6.92 Å². The van der Waals surface area contributed by atoms with Crippen molar-refractivity contribution in [1.82, 2.24) is 9.78 Å². The lowest BCUT2D eigenvalue weighted by Gasteiger charge is -2.07. The molecular formula is C19H19N3O4S. The molecule has 1 heterocycles. The smallest absolute Gasteiger partial charge is 0.299 e. The minimum atomic E-state index is -3.78. The molecule has 0 aliphatic carbocycles. The monoisotopic (exact) mass is 385 g/mol. The number of nitrogens with two attached hydrogens (primary N) is 1. The van der Waals surface area contributed by atoms with E-state index in [-0.39, 0.29) is 4.90 Å². The first-order valence-corrected chi connectivity index (χ1v) is 9.81. The molecular weight excluding hydrogens is 366 g/mol. The number of hydrogen-bond donors (Lipinski definition) is 1. The Balaban J connectivity index is 2.22. The maximum absolute atomic E-state index is 11.5. The van der Waals surface area contributed by atoms with Crippen molar-refractivity contribution in [3.05, 3.63) is 54.1 Å². The van der Waals surface area contributed by atoms with Gasteiger partial charge >= 0.3 is 0 Å². The van der Waals surface area contributed by atoms with Crippen molar-refractivity contribution in [1.29, 1.82) is 0 Å². The maximum Gasteiger partial charge on any atom is 0.299 e. The number of benzene rings is 2. The van der Waals surface area contributed by atoms with Crippen molar-refractivity contribution in [2.75, 3.05) is 0 Å². The van der Waals surface area contributed by atoms with Gasteiger partial charge in [-0.15, -0.1) is 0 Å². The predicted molar refractivity (Wildman–Crippen MR) is 102 cm³/mol. The molecule has 0 bridgehead atoms. The van der Waals surface area contributed by atoms with E-state index in [2.05, 4.69) is 5.10 Å². The Bertz CT molecular complexity index is 1070. The second-order valence-corrected chi connectivity index (χ2v) is 7.56. The number of aryl methyl sites for hydroxylation is 2. The Morgan fingerprint density at radius 1 is 1.07 bits per heavy atom. The van der Waals surface area contributed by atoms with Crippen molar-refractivity contribution < 1.29 is 17.9 Å². The third-order valence-corrected chi connectivity index (χ3v) is 5.09. The topological polar surface area (TPSA) is 104 Å². The zero-order chi connectivity index (χ0) is 19.6. The van der Waals surface area contributed by atoms with E-state index in [0.29, 0.717) is 35.7 Å². The average Bonchev–Trinajstić information content (AvgIpc) is 3.00. The molecule has 27 heavy (non-hydrogen) atoms. The predicted octanol–water partition coefficient (Wildman–Crippen LogP) is 2.73. The number of carbonyl (C=O) groups excluding carboxylic acids is 1.